The second kappa shape index (κ2) is 4.30. The molecule has 0 saturated carbocycles. The first-order valence-corrected chi connectivity index (χ1v) is 4.91. The van der Waals surface area contributed by atoms with Gasteiger partial charge in [0.25, 0.3) is 0 Å². The van der Waals surface area contributed by atoms with Gasteiger partial charge in [-0.3, -0.25) is 4.68 Å². The monoisotopic (exact) mass is 181 g/mol. The summed E-state index contributed by atoms with van der Waals surface area (Å²) in [6.07, 6.45) is 1.90. The zero-order valence-corrected chi connectivity index (χ0v) is 8.96. The molecule has 1 N–H and O–H groups in total. The van der Waals surface area contributed by atoms with Crippen LogP contribution >= 0.6 is 0 Å². The summed E-state index contributed by atoms with van der Waals surface area (Å²) in [6.45, 7) is 10.6. The van der Waals surface area contributed by atoms with Gasteiger partial charge in [0.1, 0.15) is 0 Å². The largest absolute Gasteiger partial charge is 0.382 e. The number of hydrogen-bond acceptors (Lipinski definition) is 2. The second-order valence-corrected chi connectivity index (χ2v) is 3.73. The summed E-state index contributed by atoms with van der Waals surface area (Å²) in [5.74, 6) is 0.671. The molecular formula is C10H19N3. The van der Waals surface area contributed by atoms with E-state index in [-0.39, 0.29) is 0 Å². The molecule has 0 spiro atoms. The molecule has 1 rings (SSSR count). The maximum absolute atomic E-state index is 4.27. The van der Waals surface area contributed by atoms with Gasteiger partial charge in [-0.1, -0.05) is 13.8 Å². The molecule has 1 aromatic rings. The van der Waals surface area contributed by atoms with Crippen molar-refractivity contribution in [3.05, 3.63) is 11.9 Å². The fraction of sp³-hybridized carbons (Fsp3) is 0.700. The lowest BCUT2D eigenvalue weighted by Crippen LogP contribution is -2.08. The van der Waals surface area contributed by atoms with Gasteiger partial charge in [-0.15, -0.1) is 0 Å². The third-order valence-corrected chi connectivity index (χ3v) is 2.10. The highest BCUT2D eigenvalue weighted by molar-refractivity contribution is 5.45. The van der Waals surface area contributed by atoms with E-state index in [0.717, 1.165) is 18.8 Å². The smallest absolute Gasteiger partial charge is 0.0756 e. The van der Waals surface area contributed by atoms with E-state index < -0.39 is 0 Å². The lowest BCUT2D eigenvalue weighted by Gasteiger charge is -2.08. The van der Waals surface area contributed by atoms with E-state index in [2.05, 4.69) is 38.1 Å². The summed E-state index contributed by atoms with van der Waals surface area (Å²) >= 11 is 0. The normalized spacial score (nSPS) is 10.8. The van der Waals surface area contributed by atoms with Crippen LogP contribution in [-0.2, 0) is 6.54 Å². The van der Waals surface area contributed by atoms with Crippen molar-refractivity contribution in [1.82, 2.24) is 9.78 Å². The van der Waals surface area contributed by atoms with Crippen LogP contribution in [0.4, 0.5) is 5.69 Å². The Bertz CT molecular complexity index is 263. The summed E-state index contributed by atoms with van der Waals surface area (Å²) < 4.78 is 2.00. The van der Waals surface area contributed by atoms with Crippen LogP contribution in [-0.4, -0.2) is 16.3 Å². The standard InChI is InChI=1S/C10H19N3/c1-5-13-9(4)10(7-12-13)11-6-8(2)3/h7-8,11H,5-6H2,1-4H3. The van der Waals surface area contributed by atoms with Crippen molar-refractivity contribution in [3.8, 4) is 0 Å². The number of nitrogens with one attached hydrogen (secondary N) is 1. The molecule has 1 aromatic heterocycles. The predicted octanol–water partition coefficient (Wildman–Crippen LogP) is 2.28. The minimum Gasteiger partial charge on any atom is -0.382 e. The summed E-state index contributed by atoms with van der Waals surface area (Å²) in [5, 5.41) is 7.65. The molecule has 0 aliphatic heterocycles. The summed E-state index contributed by atoms with van der Waals surface area (Å²) in [6, 6.07) is 0. The quantitative estimate of drug-likeness (QED) is 0.772. The first kappa shape index (κ1) is 10.1. The Balaban J connectivity index is 2.62. The van der Waals surface area contributed by atoms with Gasteiger partial charge in [-0.2, -0.15) is 5.10 Å². The Morgan fingerprint density at radius 2 is 2.23 bits per heavy atom. The van der Waals surface area contributed by atoms with Crippen molar-refractivity contribution in [1.29, 1.82) is 0 Å². The Hall–Kier alpha value is -0.990. The average molecular weight is 181 g/mol. The number of rotatable bonds is 4. The number of hydrogen-bond donors (Lipinski definition) is 1. The van der Waals surface area contributed by atoms with Crippen LogP contribution in [0.25, 0.3) is 0 Å². The zero-order chi connectivity index (χ0) is 9.84. The van der Waals surface area contributed by atoms with E-state index in [1.807, 2.05) is 10.9 Å². The van der Waals surface area contributed by atoms with Gasteiger partial charge in [0, 0.05) is 13.1 Å². The van der Waals surface area contributed by atoms with Crippen molar-refractivity contribution in [2.75, 3.05) is 11.9 Å². The van der Waals surface area contributed by atoms with Crippen molar-refractivity contribution in [2.45, 2.75) is 34.2 Å². The molecular weight excluding hydrogens is 162 g/mol. The number of aryl methyl sites for hydroxylation is 1. The van der Waals surface area contributed by atoms with Crippen LogP contribution < -0.4 is 5.32 Å². The molecule has 0 bridgehead atoms. The highest BCUT2D eigenvalue weighted by Gasteiger charge is 2.04. The van der Waals surface area contributed by atoms with Crippen LogP contribution in [0.1, 0.15) is 26.5 Å². The molecule has 0 atom stereocenters. The van der Waals surface area contributed by atoms with Gasteiger partial charge < -0.3 is 5.32 Å². The predicted molar refractivity (Wildman–Crippen MR) is 56.0 cm³/mol. The maximum Gasteiger partial charge on any atom is 0.0756 e. The van der Waals surface area contributed by atoms with Gasteiger partial charge >= 0.3 is 0 Å². The second-order valence-electron chi connectivity index (χ2n) is 3.73. The number of aromatic nitrogens is 2. The number of anilines is 1. The Labute approximate surface area is 80.1 Å². The van der Waals surface area contributed by atoms with E-state index in [1.165, 1.54) is 5.69 Å². The first-order valence-electron chi connectivity index (χ1n) is 4.91. The van der Waals surface area contributed by atoms with Crippen molar-refractivity contribution in [3.63, 3.8) is 0 Å². The summed E-state index contributed by atoms with van der Waals surface area (Å²) in [4.78, 5) is 0. The average Bonchev–Trinajstić information content (AvgIpc) is 2.43. The van der Waals surface area contributed by atoms with Gasteiger partial charge in [0.15, 0.2) is 0 Å². The highest BCUT2D eigenvalue weighted by atomic mass is 15.3. The van der Waals surface area contributed by atoms with E-state index in [9.17, 15) is 0 Å². The van der Waals surface area contributed by atoms with Crippen LogP contribution in [0.2, 0.25) is 0 Å². The van der Waals surface area contributed by atoms with Gasteiger partial charge in [-0.25, -0.2) is 0 Å². The third kappa shape index (κ3) is 2.47. The summed E-state index contributed by atoms with van der Waals surface area (Å²) in [5.41, 5.74) is 2.39. The molecule has 0 radical (unpaired) electrons. The van der Waals surface area contributed by atoms with Crippen molar-refractivity contribution >= 4 is 5.69 Å². The topological polar surface area (TPSA) is 29.9 Å². The molecule has 0 fully saturated rings. The number of nitrogens with zero attached hydrogens (tertiary/aromatic N) is 2. The van der Waals surface area contributed by atoms with Gasteiger partial charge in [0.2, 0.25) is 0 Å². The summed E-state index contributed by atoms with van der Waals surface area (Å²) in [7, 11) is 0. The van der Waals surface area contributed by atoms with Crippen molar-refractivity contribution < 1.29 is 0 Å². The molecule has 0 aliphatic carbocycles. The minimum absolute atomic E-state index is 0.671. The first-order chi connectivity index (χ1) is 6.15. The van der Waals surface area contributed by atoms with Crippen LogP contribution in [0.15, 0.2) is 6.20 Å². The SMILES string of the molecule is CCn1ncc(NCC(C)C)c1C. The molecule has 0 aromatic carbocycles. The molecule has 1 heterocycles. The van der Waals surface area contributed by atoms with E-state index in [0.29, 0.717) is 5.92 Å². The van der Waals surface area contributed by atoms with Gasteiger partial charge in [-0.05, 0) is 19.8 Å². The molecule has 3 heteroatoms. The molecule has 0 unspecified atom stereocenters. The van der Waals surface area contributed by atoms with Crippen LogP contribution in [0.3, 0.4) is 0 Å². The Morgan fingerprint density at radius 3 is 2.69 bits per heavy atom. The van der Waals surface area contributed by atoms with E-state index in [4.69, 9.17) is 0 Å². The highest BCUT2D eigenvalue weighted by Crippen LogP contribution is 2.13. The Kier molecular flexibility index (Phi) is 3.34. The molecule has 3 nitrogen and oxygen atoms in total. The van der Waals surface area contributed by atoms with E-state index in [1.54, 1.807) is 0 Å². The lowest BCUT2D eigenvalue weighted by molar-refractivity contribution is 0.639. The minimum atomic E-state index is 0.671. The van der Waals surface area contributed by atoms with E-state index >= 15 is 0 Å². The van der Waals surface area contributed by atoms with Gasteiger partial charge in [0.05, 0.1) is 17.6 Å². The molecule has 0 saturated heterocycles. The van der Waals surface area contributed by atoms with Crippen molar-refractivity contribution in [2.24, 2.45) is 5.92 Å². The molecule has 13 heavy (non-hydrogen) atoms. The molecule has 0 aliphatic rings. The zero-order valence-electron chi connectivity index (χ0n) is 8.96. The molecule has 0 amide bonds. The maximum atomic E-state index is 4.27. The van der Waals surface area contributed by atoms with Crippen LogP contribution in [0, 0.1) is 12.8 Å². The fourth-order valence-electron chi connectivity index (χ4n) is 1.25. The fourth-order valence-corrected chi connectivity index (χ4v) is 1.25. The molecule has 74 valence electrons. The Morgan fingerprint density at radius 1 is 1.54 bits per heavy atom. The third-order valence-electron chi connectivity index (χ3n) is 2.10. The lowest BCUT2D eigenvalue weighted by atomic mass is 10.2. The van der Waals surface area contributed by atoms with Crippen LogP contribution in [0.5, 0.6) is 0 Å².